The van der Waals surface area contributed by atoms with Crippen LogP contribution in [-0.2, 0) is 4.74 Å². The minimum absolute atomic E-state index is 0.00232. The molecule has 1 unspecified atom stereocenters. The van der Waals surface area contributed by atoms with E-state index in [1.54, 1.807) is 0 Å². The first-order chi connectivity index (χ1) is 16.9. The number of aromatic hydroxyl groups is 1. The quantitative estimate of drug-likeness (QED) is 0.438. The normalized spacial score (nSPS) is 16.3. The number of rotatable bonds is 3. The van der Waals surface area contributed by atoms with E-state index in [0.717, 1.165) is 6.42 Å². The van der Waals surface area contributed by atoms with Crippen molar-refractivity contribution in [1.29, 1.82) is 0 Å². The van der Waals surface area contributed by atoms with Crippen LogP contribution in [0.3, 0.4) is 0 Å². The Hall–Kier alpha value is -4.03. The zero-order valence-corrected chi connectivity index (χ0v) is 19.2. The highest BCUT2D eigenvalue weighted by atomic mass is 19.1. The largest absolute Gasteiger partial charge is 0.508 e. The Kier molecular flexibility index (Phi) is 5.83. The molecule has 2 aromatic heterocycles. The van der Waals surface area contributed by atoms with E-state index in [1.165, 1.54) is 37.6 Å². The van der Waals surface area contributed by atoms with Crippen LogP contribution in [0.5, 0.6) is 11.8 Å². The summed E-state index contributed by atoms with van der Waals surface area (Å²) in [5.41, 5.74) is -0.0225. The number of nitrogens with zero attached hydrogens (tertiary/aromatic N) is 4. The maximum Gasteiger partial charge on any atom is 0.318 e. The molecule has 35 heavy (non-hydrogen) atoms. The van der Waals surface area contributed by atoms with E-state index in [2.05, 4.69) is 20.9 Å². The summed E-state index contributed by atoms with van der Waals surface area (Å²) in [6.07, 6.45) is 7.79. The number of phenols is 1. The first kappa shape index (κ1) is 22.7. The molecule has 1 atom stereocenters. The van der Waals surface area contributed by atoms with Gasteiger partial charge < -0.3 is 19.5 Å². The molecular formula is C26H22F2N4O3. The van der Waals surface area contributed by atoms with Crippen molar-refractivity contribution in [3.05, 3.63) is 47.7 Å². The standard InChI is InChI=1S/C26H22F2N4O3/c1-4-17-20(27)7-6-15-10-16(33)11-18(21(15)17)23-22(28)24-19(12-29-23)25(31-26(30-24)34-3)32-8-5-9-35-14(2)13-32/h1,6-7,10-12,14,33H,5,8-9,13H2,2-3H3. The maximum atomic E-state index is 16.1. The zero-order valence-electron chi connectivity index (χ0n) is 19.2. The van der Waals surface area contributed by atoms with Gasteiger partial charge >= 0.3 is 6.01 Å². The SMILES string of the molecule is C#Cc1c(F)ccc2cc(O)cc(-c3ncc4c(N5CCCOC(C)C5)nc(OC)nc4c3F)c12. The number of ether oxygens (including phenoxy) is 2. The Labute approximate surface area is 200 Å². The molecule has 1 saturated heterocycles. The fourth-order valence-electron chi connectivity index (χ4n) is 4.48. The molecular weight excluding hydrogens is 454 g/mol. The molecule has 4 aromatic rings. The fourth-order valence-corrected chi connectivity index (χ4v) is 4.48. The van der Waals surface area contributed by atoms with Crippen LogP contribution in [0.4, 0.5) is 14.6 Å². The third-order valence-electron chi connectivity index (χ3n) is 6.03. The van der Waals surface area contributed by atoms with Crippen LogP contribution >= 0.6 is 0 Å². The summed E-state index contributed by atoms with van der Waals surface area (Å²) >= 11 is 0. The third-order valence-corrected chi connectivity index (χ3v) is 6.03. The number of phenolic OH excluding ortho intramolecular Hbond substituents is 1. The number of aromatic nitrogens is 3. The van der Waals surface area contributed by atoms with Gasteiger partial charge in [-0.2, -0.15) is 9.97 Å². The molecule has 1 aliphatic rings. The summed E-state index contributed by atoms with van der Waals surface area (Å²) in [4.78, 5) is 15.1. The second kappa shape index (κ2) is 8.96. The summed E-state index contributed by atoms with van der Waals surface area (Å²) in [5.74, 6) is 1.29. The lowest BCUT2D eigenvalue weighted by molar-refractivity contribution is 0.0820. The van der Waals surface area contributed by atoms with Gasteiger partial charge in [-0.15, -0.1) is 6.42 Å². The van der Waals surface area contributed by atoms with Gasteiger partial charge in [0.1, 0.15) is 28.6 Å². The molecule has 0 radical (unpaired) electrons. The fraction of sp³-hybridized carbons (Fsp3) is 0.269. The van der Waals surface area contributed by atoms with Crippen molar-refractivity contribution in [2.75, 3.05) is 31.7 Å². The number of methoxy groups -OCH3 is 1. The molecule has 0 aliphatic carbocycles. The predicted octanol–water partition coefficient (Wildman–Crippen LogP) is 4.43. The van der Waals surface area contributed by atoms with Gasteiger partial charge in [-0.1, -0.05) is 12.0 Å². The summed E-state index contributed by atoms with van der Waals surface area (Å²) in [6.45, 7) is 3.80. The lowest BCUT2D eigenvalue weighted by Gasteiger charge is -2.24. The molecule has 9 heteroatoms. The van der Waals surface area contributed by atoms with Crippen LogP contribution in [0.25, 0.3) is 32.9 Å². The van der Waals surface area contributed by atoms with Gasteiger partial charge in [0.15, 0.2) is 5.82 Å². The molecule has 1 aliphatic heterocycles. The van der Waals surface area contributed by atoms with Crippen molar-refractivity contribution in [2.45, 2.75) is 19.4 Å². The third kappa shape index (κ3) is 3.96. The summed E-state index contributed by atoms with van der Waals surface area (Å²) in [6, 6.07) is 5.43. The van der Waals surface area contributed by atoms with Gasteiger partial charge in [0.05, 0.1) is 24.2 Å². The molecule has 0 bridgehead atoms. The Bertz CT molecular complexity index is 1500. The van der Waals surface area contributed by atoms with Gasteiger partial charge in [0.25, 0.3) is 0 Å². The maximum absolute atomic E-state index is 16.1. The number of pyridine rings is 1. The van der Waals surface area contributed by atoms with Gasteiger partial charge in [0.2, 0.25) is 0 Å². The highest BCUT2D eigenvalue weighted by molar-refractivity contribution is 6.03. The first-order valence-corrected chi connectivity index (χ1v) is 11.1. The van der Waals surface area contributed by atoms with Crippen LogP contribution in [0.15, 0.2) is 30.5 Å². The van der Waals surface area contributed by atoms with E-state index < -0.39 is 11.6 Å². The molecule has 0 spiro atoms. The summed E-state index contributed by atoms with van der Waals surface area (Å²) in [7, 11) is 1.41. The second-order valence-corrected chi connectivity index (χ2v) is 8.36. The summed E-state index contributed by atoms with van der Waals surface area (Å²) < 4.78 is 41.6. The molecule has 1 fully saturated rings. The van der Waals surface area contributed by atoms with Crippen LogP contribution in [-0.4, -0.2) is 53.0 Å². The minimum Gasteiger partial charge on any atom is -0.508 e. The van der Waals surface area contributed by atoms with Crippen molar-refractivity contribution in [3.63, 3.8) is 0 Å². The molecule has 2 aromatic carbocycles. The van der Waals surface area contributed by atoms with Crippen LogP contribution in [0, 0.1) is 24.0 Å². The smallest absolute Gasteiger partial charge is 0.318 e. The highest BCUT2D eigenvalue weighted by Gasteiger charge is 2.25. The van der Waals surface area contributed by atoms with Crippen molar-refractivity contribution >= 4 is 27.5 Å². The van der Waals surface area contributed by atoms with Crippen molar-refractivity contribution in [1.82, 2.24) is 15.0 Å². The molecule has 0 amide bonds. The highest BCUT2D eigenvalue weighted by Crippen LogP contribution is 2.38. The van der Waals surface area contributed by atoms with E-state index in [9.17, 15) is 9.50 Å². The molecule has 0 saturated carbocycles. The van der Waals surface area contributed by atoms with Crippen molar-refractivity contribution in [3.8, 4) is 35.4 Å². The van der Waals surface area contributed by atoms with Gasteiger partial charge in [-0.25, -0.2) is 8.78 Å². The Balaban J connectivity index is 1.78. The molecule has 5 rings (SSSR count). The monoisotopic (exact) mass is 476 g/mol. The minimum atomic E-state index is -0.761. The molecule has 1 N–H and O–H groups in total. The van der Waals surface area contributed by atoms with Gasteiger partial charge in [-0.3, -0.25) is 4.98 Å². The number of fused-ring (bicyclic) bond motifs is 2. The average molecular weight is 476 g/mol. The second-order valence-electron chi connectivity index (χ2n) is 8.36. The van der Waals surface area contributed by atoms with E-state index in [-0.39, 0.29) is 45.6 Å². The molecule has 178 valence electrons. The van der Waals surface area contributed by atoms with E-state index in [4.69, 9.17) is 15.9 Å². The van der Waals surface area contributed by atoms with E-state index in [0.29, 0.717) is 36.3 Å². The number of hydrogen-bond donors (Lipinski definition) is 1. The zero-order chi connectivity index (χ0) is 24.7. The van der Waals surface area contributed by atoms with Crippen molar-refractivity contribution in [2.24, 2.45) is 0 Å². The van der Waals surface area contributed by atoms with Gasteiger partial charge in [-0.05, 0) is 36.9 Å². The average Bonchev–Trinajstić information content (AvgIpc) is 3.07. The Morgan fingerprint density at radius 1 is 1.26 bits per heavy atom. The van der Waals surface area contributed by atoms with Crippen LogP contribution < -0.4 is 9.64 Å². The number of anilines is 1. The number of benzene rings is 2. The topological polar surface area (TPSA) is 80.6 Å². The Morgan fingerprint density at radius 3 is 2.86 bits per heavy atom. The Morgan fingerprint density at radius 2 is 2.09 bits per heavy atom. The van der Waals surface area contributed by atoms with Crippen LogP contribution in [0.2, 0.25) is 0 Å². The number of halogens is 2. The van der Waals surface area contributed by atoms with Crippen molar-refractivity contribution < 1.29 is 23.4 Å². The lowest BCUT2D eigenvalue weighted by Crippen LogP contribution is -2.31. The number of hydrogen-bond acceptors (Lipinski definition) is 7. The van der Waals surface area contributed by atoms with E-state index in [1.807, 2.05) is 11.8 Å². The number of terminal acetylenes is 1. The predicted molar refractivity (Wildman–Crippen MR) is 129 cm³/mol. The summed E-state index contributed by atoms with van der Waals surface area (Å²) in [5, 5.41) is 11.4. The molecule has 7 nitrogen and oxygen atoms in total. The molecule has 3 heterocycles. The lowest BCUT2D eigenvalue weighted by atomic mass is 9.96. The van der Waals surface area contributed by atoms with E-state index >= 15 is 4.39 Å². The first-order valence-electron chi connectivity index (χ1n) is 11.1. The van der Waals surface area contributed by atoms with Crippen LogP contribution in [0.1, 0.15) is 18.9 Å². The van der Waals surface area contributed by atoms with Gasteiger partial charge in [0, 0.05) is 36.8 Å².